The standard InChI is InChI=1S/C18H23F3N8O2S/c1-5-29-8-6-7-11-9-12(13(10-14(11)29)27-32(30,31)18(19,20)21)25-26-17-24-15(22-2)16(23-3)28(17)4/h9-10,27H,5-8H2,1-4H3/q-2. The number of alkyl halides is 3. The van der Waals surface area contributed by atoms with E-state index in [1.807, 2.05) is 11.8 Å². The van der Waals surface area contributed by atoms with Crippen molar-refractivity contribution in [3.63, 3.8) is 0 Å². The van der Waals surface area contributed by atoms with Gasteiger partial charge in [-0.15, -0.1) is 5.11 Å². The molecule has 3 rings (SSSR count). The number of nitrogens with one attached hydrogen (secondary N) is 1. The Balaban J connectivity index is 2.10. The molecule has 0 fully saturated rings. The molecule has 0 saturated heterocycles. The van der Waals surface area contributed by atoms with Crippen LogP contribution in [0.4, 0.5) is 47.8 Å². The number of aromatic nitrogens is 2. The maximum Gasteiger partial charge on any atom is 0.516 e. The summed E-state index contributed by atoms with van der Waals surface area (Å²) < 4.78 is 65.7. The molecule has 0 unspecified atom stereocenters. The van der Waals surface area contributed by atoms with Crippen molar-refractivity contribution >= 4 is 44.7 Å². The zero-order valence-corrected chi connectivity index (χ0v) is 18.8. The van der Waals surface area contributed by atoms with Gasteiger partial charge in [-0.05, 0) is 37.5 Å². The summed E-state index contributed by atoms with van der Waals surface area (Å²) in [5.41, 5.74) is -4.34. The van der Waals surface area contributed by atoms with E-state index in [0.717, 1.165) is 18.5 Å². The van der Waals surface area contributed by atoms with Crippen LogP contribution >= 0.6 is 0 Å². The zero-order valence-electron chi connectivity index (χ0n) is 18.0. The molecule has 1 N–H and O–H groups in total. The van der Waals surface area contributed by atoms with Gasteiger partial charge in [-0.2, -0.15) is 26.7 Å². The van der Waals surface area contributed by atoms with E-state index in [4.69, 9.17) is 0 Å². The molecule has 14 heteroatoms. The quantitative estimate of drug-likeness (QED) is 0.561. The average molecular weight is 472 g/mol. The number of azo groups is 1. The predicted molar refractivity (Wildman–Crippen MR) is 117 cm³/mol. The molecule has 0 bridgehead atoms. The minimum Gasteiger partial charge on any atom is -0.469 e. The van der Waals surface area contributed by atoms with Crippen molar-refractivity contribution in [2.24, 2.45) is 17.3 Å². The molecule has 10 nitrogen and oxygen atoms in total. The topological polar surface area (TPSA) is 120 Å². The van der Waals surface area contributed by atoms with Gasteiger partial charge in [-0.1, -0.05) is 32.8 Å². The molecule has 0 radical (unpaired) electrons. The van der Waals surface area contributed by atoms with Gasteiger partial charge in [0.15, 0.2) is 0 Å². The van der Waals surface area contributed by atoms with Gasteiger partial charge in [0.25, 0.3) is 0 Å². The van der Waals surface area contributed by atoms with Gasteiger partial charge in [0.05, 0.1) is 11.6 Å². The molecular weight excluding hydrogens is 449 g/mol. The fraction of sp³-hybridized carbons (Fsp3) is 0.500. The van der Waals surface area contributed by atoms with Crippen LogP contribution in [0.3, 0.4) is 0 Å². The summed E-state index contributed by atoms with van der Waals surface area (Å²) in [5.74, 6) is 0.887. The van der Waals surface area contributed by atoms with Gasteiger partial charge < -0.3 is 25.1 Å². The van der Waals surface area contributed by atoms with Crippen LogP contribution in [0.2, 0.25) is 0 Å². The highest BCUT2D eigenvalue weighted by atomic mass is 32.2. The number of hydrogen-bond acceptors (Lipinski definition) is 6. The summed E-state index contributed by atoms with van der Waals surface area (Å²) in [7, 11) is -0.922. The van der Waals surface area contributed by atoms with Crippen LogP contribution in [0.25, 0.3) is 10.6 Å². The lowest BCUT2D eigenvalue weighted by atomic mass is 10.0. The van der Waals surface area contributed by atoms with Gasteiger partial charge in [-0.3, -0.25) is 4.72 Å². The number of sulfonamides is 1. The summed E-state index contributed by atoms with van der Waals surface area (Å²) in [4.78, 5) is 6.15. The summed E-state index contributed by atoms with van der Waals surface area (Å²) in [5, 5.41) is 16.1. The SMILES string of the molecule is CCN1CCCc2cc(N=Nc3nc([N-]C)c([N-]C)n3C)c(NS(=O)(=O)C(F)(F)F)cc21. The van der Waals surface area contributed by atoms with E-state index in [9.17, 15) is 21.6 Å². The summed E-state index contributed by atoms with van der Waals surface area (Å²) in [6, 6.07) is 2.92. The highest BCUT2D eigenvalue weighted by Crippen LogP contribution is 2.40. The minimum atomic E-state index is -5.65. The van der Waals surface area contributed by atoms with Crippen LogP contribution < -0.4 is 9.62 Å². The van der Waals surface area contributed by atoms with Crippen molar-refractivity contribution in [2.75, 3.05) is 36.8 Å². The van der Waals surface area contributed by atoms with E-state index in [1.54, 1.807) is 24.9 Å². The number of benzene rings is 1. The maximum atomic E-state index is 13.0. The molecule has 2 aromatic rings. The Morgan fingerprint density at radius 2 is 1.94 bits per heavy atom. The smallest absolute Gasteiger partial charge is 0.469 e. The third-order valence-electron chi connectivity index (χ3n) is 5.04. The van der Waals surface area contributed by atoms with E-state index in [-0.39, 0.29) is 17.3 Å². The van der Waals surface area contributed by atoms with E-state index in [0.29, 0.717) is 30.3 Å². The second-order valence-electron chi connectivity index (χ2n) is 7.00. The lowest BCUT2D eigenvalue weighted by Gasteiger charge is -2.31. The lowest BCUT2D eigenvalue weighted by Crippen LogP contribution is -2.31. The van der Waals surface area contributed by atoms with Crippen LogP contribution in [0.1, 0.15) is 18.9 Å². The Kier molecular flexibility index (Phi) is 6.53. The van der Waals surface area contributed by atoms with Crippen molar-refractivity contribution < 1.29 is 21.6 Å². The predicted octanol–water partition coefficient (Wildman–Crippen LogP) is 5.14. The molecule has 1 aromatic heterocycles. The summed E-state index contributed by atoms with van der Waals surface area (Å²) in [6.45, 7) is 3.25. The van der Waals surface area contributed by atoms with Gasteiger partial charge in [0.1, 0.15) is 5.69 Å². The van der Waals surface area contributed by atoms with E-state index < -0.39 is 15.5 Å². The van der Waals surface area contributed by atoms with Gasteiger partial charge in [0, 0.05) is 18.8 Å². The number of halogens is 3. The molecule has 0 spiro atoms. The number of imidazole rings is 1. The largest absolute Gasteiger partial charge is 0.516 e. The number of fused-ring (bicyclic) bond motifs is 1. The molecule has 2 heterocycles. The molecule has 0 atom stereocenters. The lowest BCUT2D eigenvalue weighted by molar-refractivity contribution is -0.0429. The van der Waals surface area contributed by atoms with Crippen LogP contribution in [-0.4, -0.2) is 50.7 Å². The normalized spacial score (nSPS) is 14.5. The number of nitrogens with zero attached hydrogens (tertiary/aromatic N) is 7. The van der Waals surface area contributed by atoms with E-state index >= 15 is 0 Å². The molecule has 176 valence electrons. The van der Waals surface area contributed by atoms with Crippen molar-refractivity contribution in [1.82, 2.24) is 9.55 Å². The number of aryl methyl sites for hydroxylation is 1. The number of rotatable bonds is 7. The first kappa shape index (κ1) is 23.6. The summed E-state index contributed by atoms with van der Waals surface area (Å²) >= 11 is 0. The van der Waals surface area contributed by atoms with E-state index in [2.05, 4.69) is 25.8 Å². The third-order valence-corrected chi connectivity index (χ3v) is 6.13. The fourth-order valence-corrected chi connectivity index (χ4v) is 4.01. The molecule has 1 aliphatic heterocycles. The number of hydrogen-bond donors (Lipinski definition) is 1. The second kappa shape index (κ2) is 8.84. The molecule has 0 aliphatic carbocycles. The molecule has 1 aromatic carbocycles. The fourth-order valence-electron chi connectivity index (χ4n) is 3.44. The highest BCUT2D eigenvalue weighted by molar-refractivity contribution is 7.93. The monoisotopic (exact) mass is 472 g/mol. The van der Waals surface area contributed by atoms with Crippen molar-refractivity contribution in [1.29, 1.82) is 0 Å². The Morgan fingerprint density at radius 3 is 2.50 bits per heavy atom. The number of anilines is 2. The van der Waals surface area contributed by atoms with Crippen LogP contribution in [0, 0.1) is 0 Å². The Bertz CT molecular complexity index is 1130. The first-order chi connectivity index (χ1) is 15.0. The van der Waals surface area contributed by atoms with Crippen molar-refractivity contribution in [3.8, 4) is 0 Å². The minimum absolute atomic E-state index is 0.0532. The second-order valence-corrected chi connectivity index (χ2v) is 8.67. The first-order valence-corrected chi connectivity index (χ1v) is 11.2. The average Bonchev–Trinajstić information content (AvgIpc) is 3.05. The van der Waals surface area contributed by atoms with Crippen molar-refractivity contribution in [3.05, 3.63) is 28.3 Å². The molecular formula is C18H23F3N8O2S-2. The Labute approximate surface area is 184 Å². The third kappa shape index (κ3) is 4.45. The molecule has 0 amide bonds. The van der Waals surface area contributed by atoms with Crippen LogP contribution in [0.5, 0.6) is 0 Å². The Hall–Kier alpha value is -3.03. The summed E-state index contributed by atoms with van der Waals surface area (Å²) in [6.07, 6.45) is 1.54. The first-order valence-electron chi connectivity index (χ1n) is 9.71. The highest BCUT2D eigenvalue weighted by Gasteiger charge is 2.46. The Morgan fingerprint density at radius 1 is 1.22 bits per heavy atom. The molecule has 0 saturated carbocycles. The van der Waals surface area contributed by atoms with Gasteiger partial charge >= 0.3 is 15.5 Å². The van der Waals surface area contributed by atoms with Gasteiger partial charge in [0.2, 0.25) is 0 Å². The van der Waals surface area contributed by atoms with Gasteiger partial charge in [-0.25, -0.2) is 0 Å². The zero-order chi connectivity index (χ0) is 23.7. The molecule has 1 aliphatic rings. The van der Waals surface area contributed by atoms with Crippen LogP contribution in [-0.2, 0) is 23.5 Å². The van der Waals surface area contributed by atoms with Crippen LogP contribution in [0.15, 0.2) is 22.4 Å². The van der Waals surface area contributed by atoms with E-state index in [1.165, 1.54) is 17.7 Å². The maximum absolute atomic E-state index is 13.0. The van der Waals surface area contributed by atoms with Crippen molar-refractivity contribution in [2.45, 2.75) is 25.3 Å². The molecule has 32 heavy (non-hydrogen) atoms.